The van der Waals surface area contributed by atoms with E-state index in [1.54, 1.807) is 6.07 Å². The highest BCUT2D eigenvalue weighted by atomic mass is 32.2. The molecule has 108 valence electrons. The topological polar surface area (TPSA) is 97.4 Å². The van der Waals surface area contributed by atoms with Gasteiger partial charge in [0.15, 0.2) is 0 Å². The van der Waals surface area contributed by atoms with Crippen molar-refractivity contribution >= 4 is 10.0 Å². The maximum Gasteiger partial charge on any atom is 0.273 e. The molecule has 1 heterocycles. The zero-order valence-corrected chi connectivity index (χ0v) is 11.9. The van der Waals surface area contributed by atoms with Crippen molar-refractivity contribution in [2.24, 2.45) is 5.73 Å². The maximum atomic E-state index is 11.5. The summed E-state index contributed by atoms with van der Waals surface area (Å²) in [5.74, 6) is 0.628. The molecule has 1 saturated carbocycles. The van der Waals surface area contributed by atoms with E-state index in [-0.39, 0.29) is 5.09 Å². The normalized spacial score (nSPS) is 24.5. The van der Waals surface area contributed by atoms with Crippen molar-refractivity contribution in [1.82, 2.24) is 10.0 Å². The summed E-state index contributed by atoms with van der Waals surface area (Å²) in [6, 6.07) is 3.93. The van der Waals surface area contributed by atoms with Crippen LogP contribution in [0, 0.1) is 0 Å². The van der Waals surface area contributed by atoms with Crippen molar-refractivity contribution in [3.8, 4) is 0 Å². The minimum atomic E-state index is -3.49. The lowest BCUT2D eigenvalue weighted by molar-refractivity contribution is 0.323. The number of hydrogen-bond acceptors (Lipinski definition) is 5. The van der Waals surface area contributed by atoms with Crippen LogP contribution < -0.4 is 15.8 Å². The molecular weight excluding hydrogens is 266 g/mol. The van der Waals surface area contributed by atoms with E-state index >= 15 is 0 Å². The third kappa shape index (κ3) is 3.79. The summed E-state index contributed by atoms with van der Waals surface area (Å²) in [5, 5.41) is 3.33. The van der Waals surface area contributed by atoms with Gasteiger partial charge in [-0.15, -0.1) is 0 Å². The highest BCUT2D eigenvalue weighted by Crippen LogP contribution is 2.18. The highest BCUT2D eigenvalue weighted by molar-refractivity contribution is 7.89. The molecule has 0 unspecified atom stereocenters. The number of rotatable bonds is 5. The number of furan rings is 1. The van der Waals surface area contributed by atoms with Crippen molar-refractivity contribution in [2.75, 3.05) is 7.05 Å². The molecule has 0 bridgehead atoms. The molecule has 7 heteroatoms. The molecule has 0 aromatic carbocycles. The van der Waals surface area contributed by atoms with Gasteiger partial charge in [0.1, 0.15) is 5.76 Å². The monoisotopic (exact) mass is 287 g/mol. The average molecular weight is 287 g/mol. The molecule has 1 fully saturated rings. The Kier molecular flexibility index (Phi) is 4.62. The van der Waals surface area contributed by atoms with Crippen molar-refractivity contribution < 1.29 is 12.8 Å². The van der Waals surface area contributed by atoms with Crippen LogP contribution in [0.5, 0.6) is 0 Å². The van der Waals surface area contributed by atoms with Gasteiger partial charge in [-0.3, -0.25) is 0 Å². The first-order valence-electron chi connectivity index (χ1n) is 6.52. The van der Waals surface area contributed by atoms with Gasteiger partial charge in [0.2, 0.25) is 5.09 Å². The Labute approximate surface area is 113 Å². The van der Waals surface area contributed by atoms with Gasteiger partial charge in [-0.25, -0.2) is 13.1 Å². The van der Waals surface area contributed by atoms with Crippen LogP contribution in [0.25, 0.3) is 0 Å². The van der Waals surface area contributed by atoms with Gasteiger partial charge >= 0.3 is 0 Å². The SMILES string of the molecule is CNS(=O)(=O)c1ccc(CNC2CCC(N)CC2)o1. The molecule has 6 nitrogen and oxygen atoms in total. The molecule has 1 aliphatic carbocycles. The van der Waals surface area contributed by atoms with Gasteiger partial charge in [-0.05, 0) is 44.9 Å². The summed E-state index contributed by atoms with van der Waals surface area (Å²) in [4.78, 5) is 0. The van der Waals surface area contributed by atoms with Crippen LogP contribution in [0.2, 0.25) is 0 Å². The fraction of sp³-hybridized carbons (Fsp3) is 0.667. The fourth-order valence-electron chi connectivity index (χ4n) is 2.27. The molecule has 0 aliphatic heterocycles. The minimum Gasteiger partial charge on any atom is -0.447 e. The third-order valence-corrected chi connectivity index (χ3v) is 4.79. The first kappa shape index (κ1) is 14.5. The Balaban J connectivity index is 1.87. The standard InChI is InChI=1S/C12H21N3O3S/c1-14-19(16,17)12-7-6-11(18-12)8-15-10-4-2-9(13)3-5-10/h6-7,9-10,14-15H,2-5,8,13H2,1H3. The fourth-order valence-corrected chi connectivity index (χ4v) is 2.93. The van der Waals surface area contributed by atoms with Crippen LogP contribution in [0.3, 0.4) is 0 Å². The molecular formula is C12H21N3O3S. The zero-order valence-electron chi connectivity index (χ0n) is 11.1. The first-order valence-corrected chi connectivity index (χ1v) is 8.01. The van der Waals surface area contributed by atoms with Crippen molar-refractivity contribution in [1.29, 1.82) is 0 Å². The minimum absolute atomic E-state index is 0.0440. The van der Waals surface area contributed by atoms with E-state index in [4.69, 9.17) is 10.2 Å². The van der Waals surface area contributed by atoms with Crippen LogP contribution in [0.15, 0.2) is 21.6 Å². The second-order valence-electron chi connectivity index (χ2n) is 4.92. The van der Waals surface area contributed by atoms with Gasteiger partial charge in [0.05, 0.1) is 6.54 Å². The molecule has 1 aromatic rings. The summed E-state index contributed by atoms with van der Waals surface area (Å²) >= 11 is 0. The van der Waals surface area contributed by atoms with E-state index in [0.717, 1.165) is 25.7 Å². The van der Waals surface area contributed by atoms with E-state index in [0.29, 0.717) is 24.4 Å². The lowest BCUT2D eigenvalue weighted by atomic mass is 9.92. The van der Waals surface area contributed by atoms with Crippen LogP contribution in [0.1, 0.15) is 31.4 Å². The van der Waals surface area contributed by atoms with Crippen LogP contribution in [-0.4, -0.2) is 27.5 Å². The lowest BCUT2D eigenvalue weighted by Gasteiger charge is -2.26. The van der Waals surface area contributed by atoms with Gasteiger partial charge in [-0.1, -0.05) is 0 Å². The predicted octanol–water partition coefficient (Wildman–Crippen LogP) is 0.547. The van der Waals surface area contributed by atoms with Crippen LogP contribution in [0.4, 0.5) is 0 Å². The lowest BCUT2D eigenvalue weighted by Crippen LogP contribution is -2.36. The molecule has 1 aliphatic rings. The molecule has 0 amide bonds. The van der Waals surface area contributed by atoms with E-state index in [1.807, 2.05) is 0 Å². The molecule has 0 spiro atoms. The van der Waals surface area contributed by atoms with E-state index in [2.05, 4.69) is 10.0 Å². The molecule has 0 atom stereocenters. The summed E-state index contributed by atoms with van der Waals surface area (Å²) in [6.07, 6.45) is 4.19. The van der Waals surface area contributed by atoms with Crippen LogP contribution >= 0.6 is 0 Å². The summed E-state index contributed by atoms with van der Waals surface area (Å²) in [6.45, 7) is 0.541. The summed E-state index contributed by atoms with van der Waals surface area (Å²) in [5.41, 5.74) is 5.85. The second-order valence-corrected chi connectivity index (χ2v) is 6.74. The van der Waals surface area contributed by atoms with Gasteiger partial charge in [-0.2, -0.15) is 0 Å². The van der Waals surface area contributed by atoms with Crippen molar-refractivity contribution in [2.45, 2.75) is 49.4 Å². The summed E-state index contributed by atoms with van der Waals surface area (Å²) < 4.78 is 30.6. The molecule has 0 saturated heterocycles. The van der Waals surface area contributed by atoms with Gasteiger partial charge < -0.3 is 15.5 Å². The maximum absolute atomic E-state index is 11.5. The van der Waals surface area contributed by atoms with Gasteiger partial charge in [0, 0.05) is 12.1 Å². The largest absolute Gasteiger partial charge is 0.447 e. The zero-order chi connectivity index (χ0) is 13.9. The molecule has 2 rings (SSSR count). The van der Waals surface area contributed by atoms with Crippen molar-refractivity contribution in [3.05, 3.63) is 17.9 Å². The third-order valence-electron chi connectivity index (χ3n) is 3.51. The van der Waals surface area contributed by atoms with Crippen molar-refractivity contribution in [3.63, 3.8) is 0 Å². The molecule has 0 radical (unpaired) electrons. The summed E-state index contributed by atoms with van der Waals surface area (Å²) in [7, 11) is -2.13. The Morgan fingerprint density at radius 1 is 1.32 bits per heavy atom. The first-order chi connectivity index (χ1) is 9.01. The Hall–Kier alpha value is -0.890. The molecule has 4 N–H and O–H groups in total. The number of nitrogens with one attached hydrogen (secondary N) is 2. The van der Waals surface area contributed by atoms with E-state index < -0.39 is 10.0 Å². The Morgan fingerprint density at radius 2 is 2.00 bits per heavy atom. The second kappa shape index (κ2) is 6.04. The van der Waals surface area contributed by atoms with E-state index in [9.17, 15) is 8.42 Å². The van der Waals surface area contributed by atoms with Gasteiger partial charge in [0.25, 0.3) is 10.0 Å². The average Bonchev–Trinajstić information content (AvgIpc) is 2.88. The predicted molar refractivity (Wildman–Crippen MR) is 72.0 cm³/mol. The smallest absolute Gasteiger partial charge is 0.273 e. The molecule has 1 aromatic heterocycles. The number of hydrogen-bond donors (Lipinski definition) is 3. The Bertz CT molecular complexity index is 504. The van der Waals surface area contributed by atoms with Crippen LogP contribution in [-0.2, 0) is 16.6 Å². The molecule has 19 heavy (non-hydrogen) atoms. The number of sulfonamides is 1. The Morgan fingerprint density at radius 3 is 2.63 bits per heavy atom. The number of nitrogens with two attached hydrogens (primary N) is 1. The van der Waals surface area contributed by atoms with E-state index in [1.165, 1.54) is 13.1 Å². The highest BCUT2D eigenvalue weighted by Gasteiger charge is 2.19. The quantitative estimate of drug-likeness (QED) is 0.734.